The average molecular weight is 689 g/mol. The number of fused-ring (bicyclic) bond motifs is 2. The van der Waals surface area contributed by atoms with Gasteiger partial charge in [0.25, 0.3) is 0 Å². The molecule has 1 N–H and O–H groups in total. The highest BCUT2D eigenvalue weighted by atomic mass is 35.5. The number of benzene rings is 2. The molecule has 10 nitrogen and oxygen atoms in total. The first-order valence-corrected chi connectivity index (χ1v) is 21.5. The second-order valence-electron chi connectivity index (χ2n) is 13.2. The van der Waals surface area contributed by atoms with Crippen LogP contribution in [-0.4, -0.2) is 88.7 Å². The third kappa shape index (κ3) is 7.30. The zero-order valence-corrected chi connectivity index (χ0v) is 29.0. The molecule has 14 heteroatoms. The molecule has 0 spiro atoms. The van der Waals surface area contributed by atoms with Crippen molar-refractivity contribution >= 4 is 46.3 Å². The Kier molecular flexibility index (Phi) is 9.29. The molecule has 2 saturated heterocycles. The van der Waals surface area contributed by atoms with Gasteiger partial charge in [-0.05, 0) is 29.8 Å². The average Bonchev–Trinajstić information content (AvgIpc) is 3.64. The monoisotopic (exact) mass is 688 g/mol. The molecule has 4 atom stereocenters. The number of rotatable bonds is 10. The lowest BCUT2D eigenvalue weighted by molar-refractivity contribution is 0.00336. The molecule has 2 aliphatic heterocycles. The van der Waals surface area contributed by atoms with Crippen molar-refractivity contribution in [3.05, 3.63) is 59.4 Å². The number of nitrogens with zero attached hydrogens (tertiary/aromatic N) is 4. The molecule has 246 valence electrons. The highest BCUT2D eigenvalue weighted by Crippen LogP contribution is 2.35. The maximum absolute atomic E-state index is 15.0. The van der Waals surface area contributed by atoms with Crippen LogP contribution in [0.5, 0.6) is 6.01 Å². The summed E-state index contributed by atoms with van der Waals surface area (Å²) in [5.74, 6) is -0.461. The first-order valence-electron chi connectivity index (χ1n) is 15.1. The van der Waals surface area contributed by atoms with Crippen molar-refractivity contribution in [1.29, 1.82) is 0 Å². The van der Waals surface area contributed by atoms with Crippen molar-refractivity contribution in [2.24, 2.45) is 4.36 Å². The minimum Gasteiger partial charge on any atom is -0.456 e. The van der Waals surface area contributed by atoms with Crippen LogP contribution in [0.1, 0.15) is 0 Å². The largest absolute Gasteiger partial charge is 0.456 e. The Morgan fingerprint density at radius 3 is 2.48 bits per heavy atom. The van der Waals surface area contributed by atoms with Crippen molar-refractivity contribution in [2.75, 3.05) is 32.3 Å². The molecule has 0 radical (unpaired) electrons. The number of hydrogen-bond acceptors (Lipinski definition) is 9. The van der Waals surface area contributed by atoms with Gasteiger partial charge < -0.3 is 24.1 Å². The van der Waals surface area contributed by atoms with Crippen LogP contribution >= 0.6 is 11.6 Å². The third-order valence-electron chi connectivity index (χ3n) is 7.84. The van der Waals surface area contributed by atoms with Crippen LogP contribution < -0.4 is 4.74 Å². The summed E-state index contributed by atoms with van der Waals surface area (Å²) in [6.45, 7) is 8.08. The van der Waals surface area contributed by atoms with Gasteiger partial charge in [0, 0.05) is 54.1 Å². The summed E-state index contributed by atoms with van der Waals surface area (Å²) in [5.41, 5.74) is 3.70. The van der Waals surface area contributed by atoms with E-state index in [0.717, 1.165) is 11.6 Å². The summed E-state index contributed by atoms with van der Waals surface area (Å²) >= 11 is 6.75. The maximum atomic E-state index is 15.0. The maximum Gasteiger partial charge on any atom is 0.301 e. The van der Waals surface area contributed by atoms with E-state index in [-0.39, 0.29) is 19.9 Å². The second kappa shape index (κ2) is 12.9. The van der Waals surface area contributed by atoms with Gasteiger partial charge >= 0.3 is 6.01 Å². The molecular formula is C32H38ClFN4O6SSi. The zero-order chi connectivity index (χ0) is 32.8. The summed E-state index contributed by atoms with van der Waals surface area (Å²) in [4.78, 5) is 9.62. The first-order chi connectivity index (χ1) is 21.8. The van der Waals surface area contributed by atoms with Gasteiger partial charge in [-0.2, -0.15) is 9.35 Å². The molecule has 0 amide bonds. The standard InChI is InChI=1S/C32H38ClFN4O6SSi/c1-45(2,40)37-21-10-11-22(24(34)14-21)19-6-8-20(9-7-19)28-23(33)15-25-31(36-28)38(18-41-12-13-46(3,4)5)32(35-25)44-27-17-43-29-26(39)16-42-30(27)29/h6-11,14-15,26-27,29-30,39H,12-13,16-18H2,1-5H3/t26-,27-,29-,30-/m1/s1. The van der Waals surface area contributed by atoms with Gasteiger partial charge in [-0.25, -0.2) is 13.6 Å². The minimum atomic E-state index is -2.41. The van der Waals surface area contributed by atoms with E-state index >= 15 is 4.39 Å². The van der Waals surface area contributed by atoms with Crippen LogP contribution in [0, 0.1) is 5.82 Å². The lowest BCUT2D eigenvalue weighted by Crippen LogP contribution is -2.35. The normalized spacial score (nSPS) is 21.6. The number of imidazole rings is 1. The van der Waals surface area contributed by atoms with Gasteiger partial charge in [0.1, 0.15) is 36.4 Å². The van der Waals surface area contributed by atoms with Crippen LogP contribution in [0.4, 0.5) is 10.1 Å². The highest BCUT2D eigenvalue weighted by Gasteiger charge is 2.49. The number of aromatic nitrogens is 3. The summed E-state index contributed by atoms with van der Waals surface area (Å²) in [7, 11) is -3.72. The summed E-state index contributed by atoms with van der Waals surface area (Å²) in [6, 6.07) is 14.9. The molecule has 0 saturated carbocycles. The predicted molar refractivity (Wildman–Crippen MR) is 179 cm³/mol. The van der Waals surface area contributed by atoms with Gasteiger partial charge in [0.15, 0.2) is 11.8 Å². The van der Waals surface area contributed by atoms with Crippen molar-refractivity contribution in [1.82, 2.24) is 14.5 Å². The smallest absolute Gasteiger partial charge is 0.301 e. The van der Waals surface area contributed by atoms with Gasteiger partial charge in [0.05, 0.1) is 29.6 Å². The molecule has 6 rings (SSSR count). The van der Waals surface area contributed by atoms with Crippen LogP contribution in [0.25, 0.3) is 33.5 Å². The van der Waals surface area contributed by atoms with Crippen LogP contribution in [0.2, 0.25) is 30.7 Å². The Morgan fingerprint density at radius 1 is 1.07 bits per heavy atom. The fourth-order valence-electron chi connectivity index (χ4n) is 5.48. The molecule has 2 fully saturated rings. The number of pyridine rings is 1. The highest BCUT2D eigenvalue weighted by molar-refractivity contribution is 7.92. The third-order valence-corrected chi connectivity index (χ3v) is 10.5. The Morgan fingerprint density at radius 2 is 1.78 bits per heavy atom. The SMILES string of the molecule is C[Si](C)(C)CCOCn1c(O[C@@H]2CO[C@H]3[C@@H]2OC[C@H]3O)nc2cc(Cl)c(-c3ccc(-c4ccc(N=S(C)(C)=O)cc4F)cc3)nc21. The summed E-state index contributed by atoms with van der Waals surface area (Å²) in [6.07, 6.45) is 1.01. The summed E-state index contributed by atoms with van der Waals surface area (Å²) < 4.78 is 56.8. The number of ether oxygens (including phenoxy) is 4. The molecule has 0 bridgehead atoms. The van der Waals surface area contributed by atoms with E-state index in [2.05, 4.69) is 24.0 Å². The Hall–Kier alpha value is -2.91. The molecule has 2 aromatic heterocycles. The van der Waals surface area contributed by atoms with E-state index in [1.165, 1.54) is 18.6 Å². The van der Waals surface area contributed by atoms with Crippen LogP contribution in [0.15, 0.2) is 52.9 Å². The quantitative estimate of drug-likeness (QED) is 0.156. The van der Waals surface area contributed by atoms with E-state index in [4.69, 9.17) is 40.5 Å². The summed E-state index contributed by atoms with van der Waals surface area (Å²) in [5, 5.41) is 10.6. The Labute approximate surface area is 274 Å². The fourth-order valence-corrected chi connectivity index (χ4v) is 7.12. The number of aliphatic hydroxyl groups excluding tert-OH is 1. The van der Waals surface area contributed by atoms with E-state index < -0.39 is 48.0 Å². The van der Waals surface area contributed by atoms with Gasteiger partial charge in [0.2, 0.25) is 0 Å². The molecule has 46 heavy (non-hydrogen) atoms. The molecule has 2 aliphatic rings. The molecule has 4 aromatic rings. The number of hydrogen-bond donors (Lipinski definition) is 1. The van der Waals surface area contributed by atoms with E-state index in [1.807, 2.05) is 12.1 Å². The molecule has 0 aliphatic carbocycles. The van der Waals surface area contributed by atoms with Gasteiger partial charge in [-0.1, -0.05) is 55.5 Å². The number of aliphatic hydroxyl groups is 1. The van der Waals surface area contributed by atoms with E-state index in [1.54, 1.807) is 34.9 Å². The Bertz CT molecular complexity index is 1870. The lowest BCUT2D eigenvalue weighted by Gasteiger charge is -2.19. The van der Waals surface area contributed by atoms with Crippen molar-refractivity contribution in [3.63, 3.8) is 0 Å². The van der Waals surface area contributed by atoms with Crippen LogP contribution in [0.3, 0.4) is 0 Å². The molecule has 4 heterocycles. The molecule has 0 unspecified atom stereocenters. The topological polar surface area (TPSA) is 117 Å². The predicted octanol–water partition coefficient (Wildman–Crippen LogP) is 6.14. The van der Waals surface area contributed by atoms with Crippen LogP contribution in [-0.2, 0) is 30.7 Å². The molecular weight excluding hydrogens is 651 g/mol. The Balaban J connectivity index is 1.30. The molecule has 2 aromatic carbocycles. The van der Waals surface area contributed by atoms with E-state index in [9.17, 15) is 9.32 Å². The van der Waals surface area contributed by atoms with Crippen molar-refractivity contribution < 1.29 is 32.7 Å². The lowest BCUT2D eigenvalue weighted by atomic mass is 10.0. The van der Waals surface area contributed by atoms with Gasteiger partial charge in [-0.15, -0.1) is 0 Å². The zero-order valence-electron chi connectivity index (χ0n) is 26.4. The van der Waals surface area contributed by atoms with Gasteiger partial charge in [-0.3, -0.25) is 4.57 Å². The van der Waals surface area contributed by atoms with Crippen molar-refractivity contribution in [3.8, 4) is 28.4 Å². The fraction of sp³-hybridized carbons (Fsp3) is 0.438. The second-order valence-corrected chi connectivity index (χ2v) is 21.7. The van der Waals surface area contributed by atoms with E-state index in [0.29, 0.717) is 51.3 Å². The first kappa shape index (κ1) is 33.0. The van der Waals surface area contributed by atoms with Crippen molar-refractivity contribution in [2.45, 2.75) is 56.8 Å². The minimum absolute atomic E-state index is 0.168. The number of halogens is 2.